The van der Waals surface area contributed by atoms with Gasteiger partial charge in [0.05, 0.1) is 26.3 Å². The first kappa shape index (κ1) is 17.3. The van der Waals surface area contributed by atoms with Gasteiger partial charge in [-0.15, -0.1) is 0 Å². The molecule has 1 aliphatic heterocycles. The van der Waals surface area contributed by atoms with Crippen LogP contribution in [0.4, 0.5) is 0 Å². The fourth-order valence-corrected chi connectivity index (χ4v) is 5.61. The summed E-state index contributed by atoms with van der Waals surface area (Å²) in [6.07, 6.45) is 1.83. The van der Waals surface area contributed by atoms with Gasteiger partial charge in [-0.25, -0.2) is 4.21 Å². The highest BCUT2D eigenvalue weighted by Crippen LogP contribution is 2.45. The van der Waals surface area contributed by atoms with Crippen LogP contribution in [0.15, 0.2) is 82.7 Å². The van der Waals surface area contributed by atoms with Crippen molar-refractivity contribution in [2.75, 3.05) is 0 Å². The highest BCUT2D eigenvalue weighted by atomic mass is 32.2. The van der Waals surface area contributed by atoms with E-state index in [9.17, 15) is 4.21 Å². The molecule has 1 aromatic heterocycles. The van der Waals surface area contributed by atoms with Gasteiger partial charge in [0, 0.05) is 17.3 Å². The number of aromatic nitrogens is 1. The van der Waals surface area contributed by atoms with Crippen molar-refractivity contribution in [1.82, 2.24) is 4.98 Å². The van der Waals surface area contributed by atoms with Gasteiger partial charge in [0.25, 0.3) is 0 Å². The SMILES string of the molecule is CC(C)(C)c1cc(-c2nccc3c2S(=O)c2ccccc2-3)cc2ccccc12. The Kier molecular flexibility index (Phi) is 3.78. The molecule has 4 aromatic rings. The Hall–Kier alpha value is -2.78. The predicted octanol–water partition coefficient (Wildman–Crippen LogP) is 6.35. The normalized spacial score (nSPS) is 15.5. The second-order valence-corrected chi connectivity index (χ2v) is 9.68. The highest BCUT2D eigenvalue weighted by molar-refractivity contribution is 7.86. The van der Waals surface area contributed by atoms with Crippen LogP contribution in [-0.2, 0) is 16.2 Å². The van der Waals surface area contributed by atoms with Crippen molar-refractivity contribution in [2.45, 2.75) is 36.0 Å². The Labute approximate surface area is 167 Å². The van der Waals surface area contributed by atoms with Crippen molar-refractivity contribution in [3.05, 3.63) is 78.5 Å². The summed E-state index contributed by atoms with van der Waals surface area (Å²) in [6, 6.07) is 22.8. The van der Waals surface area contributed by atoms with Crippen LogP contribution in [0.1, 0.15) is 26.3 Å². The van der Waals surface area contributed by atoms with Crippen molar-refractivity contribution in [3.63, 3.8) is 0 Å². The molecular weight excluding hydrogens is 362 g/mol. The maximum Gasteiger partial charge on any atom is 0.0884 e. The van der Waals surface area contributed by atoms with Crippen LogP contribution in [0, 0.1) is 0 Å². The summed E-state index contributed by atoms with van der Waals surface area (Å²) in [4.78, 5) is 6.40. The Balaban J connectivity index is 1.81. The summed E-state index contributed by atoms with van der Waals surface area (Å²) >= 11 is 0. The molecule has 3 aromatic carbocycles. The number of fused-ring (bicyclic) bond motifs is 4. The number of benzene rings is 3. The lowest BCUT2D eigenvalue weighted by Gasteiger charge is -2.23. The molecule has 0 N–H and O–H groups in total. The average Bonchev–Trinajstić information content (AvgIpc) is 2.99. The molecule has 28 heavy (non-hydrogen) atoms. The molecule has 2 nitrogen and oxygen atoms in total. The van der Waals surface area contributed by atoms with Gasteiger partial charge in [-0.05, 0) is 51.6 Å². The molecule has 0 saturated carbocycles. The van der Waals surface area contributed by atoms with E-state index in [4.69, 9.17) is 4.98 Å². The van der Waals surface area contributed by atoms with Crippen molar-refractivity contribution in [3.8, 4) is 22.4 Å². The standard InChI is InChI=1S/C25H21NOS/c1-25(2,3)21-15-17(14-16-8-4-5-9-18(16)21)23-24-20(12-13-26-23)19-10-6-7-11-22(19)28(24)27/h4-15H,1-3H3. The lowest BCUT2D eigenvalue weighted by atomic mass is 9.82. The van der Waals surface area contributed by atoms with Gasteiger partial charge in [0.2, 0.25) is 0 Å². The Bertz CT molecular complexity index is 1270. The molecule has 0 radical (unpaired) electrons. The number of hydrogen-bond donors (Lipinski definition) is 0. The molecule has 2 heterocycles. The molecule has 0 aliphatic carbocycles. The number of pyridine rings is 1. The first-order chi connectivity index (χ1) is 13.4. The largest absolute Gasteiger partial charge is 0.255 e. The van der Waals surface area contributed by atoms with E-state index in [1.54, 1.807) is 0 Å². The van der Waals surface area contributed by atoms with Crippen LogP contribution in [0.2, 0.25) is 0 Å². The predicted molar refractivity (Wildman–Crippen MR) is 116 cm³/mol. The molecule has 138 valence electrons. The fraction of sp³-hybridized carbons (Fsp3) is 0.160. The molecule has 0 saturated heterocycles. The zero-order chi connectivity index (χ0) is 19.5. The molecule has 1 atom stereocenters. The quantitative estimate of drug-likeness (QED) is 0.338. The average molecular weight is 384 g/mol. The van der Waals surface area contributed by atoms with E-state index >= 15 is 0 Å². The molecular formula is C25H21NOS. The van der Waals surface area contributed by atoms with E-state index in [2.05, 4.69) is 57.2 Å². The Morgan fingerprint density at radius 3 is 2.43 bits per heavy atom. The summed E-state index contributed by atoms with van der Waals surface area (Å²) in [5.41, 5.74) is 5.21. The number of rotatable bonds is 1. The lowest BCUT2D eigenvalue weighted by Crippen LogP contribution is -2.12. The smallest absolute Gasteiger partial charge is 0.0884 e. The number of hydrogen-bond acceptors (Lipinski definition) is 2. The Morgan fingerprint density at radius 2 is 1.61 bits per heavy atom. The lowest BCUT2D eigenvalue weighted by molar-refractivity contribution is 0.596. The van der Waals surface area contributed by atoms with Crippen LogP contribution in [0.5, 0.6) is 0 Å². The van der Waals surface area contributed by atoms with E-state index in [1.165, 1.54) is 16.3 Å². The molecule has 0 amide bonds. The minimum atomic E-state index is -1.21. The van der Waals surface area contributed by atoms with Crippen molar-refractivity contribution in [1.29, 1.82) is 0 Å². The topological polar surface area (TPSA) is 30.0 Å². The van der Waals surface area contributed by atoms with Crippen molar-refractivity contribution >= 4 is 21.6 Å². The molecule has 1 unspecified atom stereocenters. The molecule has 0 fully saturated rings. The molecule has 5 rings (SSSR count). The van der Waals surface area contributed by atoms with Crippen LogP contribution in [-0.4, -0.2) is 9.19 Å². The summed E-state index contributed by atoms with van der Waals surface area (Å²) in [5, 5.41) is 2.45. The summed E-state index contributed by atoms with van der Waals surface area (Å²) < 4.78 is 13.3. The van der Waals surface area contributed by atoms with Crippen molar-refractivity contribution < 1.29 is 4.21 Å². The Morgan fingerprint density at radius 1 is 0.857 bits per heavy atom. The van der Waals surface area contributed by atoms with Crippen LogP contribution >= 0.6 is 0 Å². The highest BCUT2D eigenvalue weighted by Gasteiger charge is 2.29. The van der Waals surface area contributed by atoms with E-state index in [1.807, 2.05) is 36.5 Å². The summed E-state index contributed by atoms with van der Waals surface area (Å²) in [6.45, 7) is 6.69. The maximum atomic E-state index is 13.3. The van der Waals surface area contributed by atoms with Crippen molar-refractivity contribution in [2.24, 2.45) is 0 Å². The van der Waals surface area contributed by atoms with Gasteiger partial charge >= 0.3 is 0 Å². The summed E-state index contributed by atoms with van der Waals surface area (Å²) in [5.74, 6) is 0. The minimum absolute atomic E-state index is 0.00428. The second-order valence-electron chi connectivity index (χ2n) is 8.30. The van der Waals surface area contributed by atoms with Gasteiger partial charge in [-0.3, -0.25) is 4.98 Å². The van der Waals surface area contributed by atoms with Gasteiger partial charge in [0.1, 0.15) is 0 Å². The van der Waals surface area contributed by atoms with Gasteiger partial charge in [0.15, 0.2) is 0 Å². The van der Waals surface area contributed by atoms with E-state index in [0.717, 1.165) is 32.2 Å². The first-order valence-electron chi connectivity index (χ1n) is 9.49. The third-order valence-corrected chi connectivity index (χ3v) is 6.95. The van der Waals surface area contributed by atoms with E-state index < -0.39 is 10.8 Å². The number of nitrogens with zero attached hydrogens (tertiary/aromatic N) is 1. The molecule has 1 aliphatic rings. The monoisotopic (exact) mass is 383 g/mol. The fourth-order valence-electron chi connectivity index (χ4n) is 4.08. The van der Waals surface area contributed by atoms with E-state index in [-0.39, 0.29) is 5.41 Å². The zero-order valence-corrected chi connectivity index (χ0v) is 17.0. The third-order valence-electron chi connectivity index (χ3n) is 5.41. The van der Waals surface area contributed by atoms with Crippen LogP contribution in [0.3, 0.4) is 0 Å². The van der Waals surface area contributed by atoms with Crippen LogP contribution in [0.25, 0.3) is 33.2 Å². The summed E-state index contributed by atoms with van der Waals surface area (Å²) in [7, 11) is -1.21. The molecule has 0 bridgehead atoms. The van der Waals surface area contributed by atoms with Gasteiger partial charge in [-0.1, -0.05) is 63.2 Å². The zero-order valence-electron chi connectivity index (χ0n) is 16.2. The first-order valence-corrected chi connectivity index (χ1v) is 10.6. The van der Waals surface area contributed by atoms with Crippen LogP contribution < -0.4 is 0 Å². The molecule has 0 spiro atoms. The minimum Gasteiger partial charge on any atom is -0.255 e. The molecule has 3 heteroatoms. The van der Waals surface area contributed by atoms with Gasteiger partial charge in [-0.2, -0.15) is 0 Å². The van der Waals surface area contributed by atoms with Gasteiger partial charge < -0.3 is 0 Å². The second kappa shape index (κ2) is 6.11. The third kappa shape index (κ3) is 2.54. The van der Waals surface area contributed by atoms with E-state index in [0.29, 0.717) is 0 Å². The maximum absolute atomic E-state index is 13.3.